The van der Waals surface area contributed by atoms with E-state index in [1.165, 1.54) is 25.7 Å². The Morgan fingerprint density at radius 3 is 2.37 bits per heavy atom. The van der Waals surface area contributed by atoms with Crippen molar-refractivity contribution in [3.63, 3.8) is 0 Å². The number of halogens is 1. The molecule has 0 spiro atoms. The maximum absolute atomic E-state index is 12.7. The summed E-state index contributed by atoms with van der Waals surface area (Å²) >= 11 is 5.90. The number of carbonyl (C=O) groups excluding carboxylic acids is 2. The molecule has 4 nitrogen and oxygen atoms in total. The first-order valence-electron chi connectivity index (χ1n) is 10.4. The van der Waals surface area contributed by atoms with Gasteiger partial charge in [0.2, 0.25) is 5.91 Å². The molecule has 1 heterocycles. The molecule has 2 amide bonds. The van der Waals surface area contributed by atoms with Crippen LogP contribution in [0.25, 0.3) is 0 Å². The van der Waals surface area contributed by atoms with E-state index < -0.39 is 0 Å². The van der Waals surface area contributed by atoms with E-state index >= 15 is 0 Å². The summed E-state index contributed by atoms with van der Waals surface area (Å²) in [4.78, 5) is 27.2. The molecular formula is C22H29ClN2O2. The number of nitrogens with one attached hydrogen (secondary N) is 1. The zero-order valence-corrected chi connectivity index (χ0v) is 16.8. The van der Waals surface area contributed by atoms with Gasteiger partial charge in [-0.05, 0) is 81.0 Å². The summed E-state index contributed by atoms with van der Waals surface area (Å²) in [5, 5.41) is 3.93. The lowest BCUT2D eigenvalue weighted by Gasteiger charge is -2.34. The number of benzene rings is 1. The maximum atomic E-state index is 12.7. The van der Waals surface area contributed by atoms with Crippen LogP contribution >= 0.6 is 11.6 Å². The van der Waals surface area contributed by atoms with Gasteiger partial charge in [0.25, 0.3) is 5.91 Å². The van der Waals surface area contributed by atoms with Crippen molar-refractivity contribution in [3.05, 3.63) is 34.9 Å². The molecule has 1 N–H and O–H groups in total. The molecule has 146 valence electrons. The summed E-state index contributed by atoms with van der Waals surface area (Å²) in [6.07, 6.45) is 6.89. The number of carbonyl (C=O) groups is 2. The first-order chi connectivity index (χ1) is 13.0. The van der Waals surface area contributed by atoms with Crippen molar-refractivity contribution in [2.45, 2.75) is 51.5 Å². The van der Waals surface area contributed by atoms with Crippen LogP contribution in [0.4, 0.5) is 0 Å². The van der Waals surface area contributed by atoms with Gasteiger partial charge >= 0.3 is 0 Å². The average molecular weight is 389 g/mol. The molecule has 1 aromatic carbocycles. The zero-order valence-electron chi connectivity index (χ0n) is 16.0. The van der Waals surface area contributed by atoms with Gasteiger partial charge in [0.05, 0.1) is 0 Å². The fourth-order valence-electron chi connectivity index (χ4n) is 5.48. The monoisotopic (exact) mass is 388 g/mol. The van der Waals surface area contributed by atoms with Crippen LogP contribution in [0.3, 0.4) is 0 Å². The molecule has 1 aliphatic heterocycles. The fraction of sp³-hybridized carbons (Fsp3) is 0.636. The molecule has 5 heteroatoms. The average Bonchev–Trinajstić information content (AvgIpc) is 3.32. The van der Waals surface area contributed by atoms with Crippen molar-refractivity contribution in [3.8, 4) is 0 Å². The summed E-state index contributed by atoms with van der Waals surface area (Å²) in [5.74, 6) is 2.63. The molecule has 3 aliphatic rings. The van der Waals surface area contributed by atoms with Crippen LogP contribution in [-0.2, 0) is 4.79 Å². The van der Waals surface area contributed by atoms with Crippen molar-refractivity contribution < 1.29 is 9.59 Å². The topological polar surface area (TPSA) is 49.4 Å². The second-order valence-corrected chi connectivity index (χ2v) is 9.15. The highest BCUT2D eigenvalue weighted by Gasteiger charge is 2.42. The summed E-state index contributed by atoms with van der Waals surface area (Å²) < 4.78 is 0. The smallest absolute Gasteiger partial charge is 0.253 e. The molecule has 2 aliphatic carbocycles. The zero-order chi connectivity index (χ0) is 19.0. The molecule has 4 unspecified atom stereocenters. The van der Waals surface area contributed by atoms with Crippen molar-refractivity contribution in [2.24, 2.45) is 23.7 Å². The standard InChI is InChI=1S/C22H29ClN2O2/c1-14(20-13-15-2-3-18(20)12-15)24-21(26)16-8-10-25(11-9-16)22(27)17-4-6-19(23)7-5-17/h4-7,14-16,18,20H,2-3,8-13H2,1H3,(H,24,26). The van der Waals surface area contributed by atoms with Gasteiger partial charge in [-0.1, -0.05) is 18.0 Å². The molecule has 1 saturated heterocycles. The highest BCUT2D eigenvalue weighted by Crippen LogP contribution is 2.49. The largest absolute Gasteiger partial charge is 0.353 e. The van der Waals surface area contributed by atoms with Gasteiger partial charge < -0.3 is 10.2 Å². The summed E-state index contributed by atoms with van der Waals surface area (Å²) in [6, 6.07) is 7.29. The van der Waals surface area contributed by atoms with E-state index in [1.807, 2.05) is 4.90 Å². The number of hydrogen-bond acceptors (Lipinski definition) is 2. The Morgan fingerprint density at radius 1 is 1.07 bits per heavy atom. The van der Waals surface area contributed by atoms with Gasteiger partial charge in [-0.15, -0.1) is 0 Å². The lowest BCUT2D eigenvalue weighted by Crippen LogP contribution is -2.47. The van der Waals surface area contributed by atoms with Crippen molar-refractivity contribution in [2.75, 3.05) is 13.1 Å². The molecule has 0 radical (unpaired) electrons. The van der Waals surface area contributed by atoms with Crippen LogP contribution in [0.1, 0.15) is 55.8 Å². The van der Waals surface area contributed by atoms with Crippen LogP contribution < -0.4 is 5.32 Å². The molecule has 4 rings (SSSR count). The second-order valence-electron chi connectivity index (χ2n) is 8.71. The Kier molecular flexibility index (Phi) is 5.45. The minimum Gasteiger partial charge on any atom is -0.353 e. The predicted molar refractivity (Wildman–Crippen MR) is 107 cm³/mol. The third-order valence-electron chi connectivity index (χ3n) is 7.05. The highest BCUT2D eigenvalue weighted by atomic mass is 35.5. The van der Waals surface area contributed by atoms with Crippen LogP contribution in [0.5, 0.6) is 0 Å². The van der Waals surface area contributed by atoms with Gasteiger partial charge in [0.15, 0.2) is 0 Å². The Bertz CT molecular complexity index is 697. The molecule has 3 fully saturated rings. The molecule has 4 atom stereocenters. The molecule has 27 heavy (non-hydrogen) atoms. The van der Waals surface area contributed by atoms with Crippen molar-refractivity contribution >= 4 is 23.4 Å². The van der Waals surface area contributed by atoms with E-state index in [-0.39, 0.29) is 23.8 Å². The summed E-state index contributed by atoms with van der Waals surface area (Å²) in [7, 11) is 0. The van der Waals surface area contributed by atoms with E-state index in [0.29, 0.717) is 29.6 Å². The molecule has 2 saturated carbocycles. The van der Waals surface area contributed by atoms with Crippen molar-refractivity contribution in [1.82, 2.24) is 10.2 Å². The van der Waals surface area contributed by atoms with E-state index in [9.17, 15) is 9.59 Å². The number of amides is 2. The van der Waals surface area contributed by atoms with Gasteiger partial charge in [-0.2, -0.15) is 0 Å². The Morgan fingerprint density at radius 2 is 1.78 bits per heavy atom. The van der Waals surface area contributed by atoms with Crippen molar-refractivity contribution in [1.29, 1.82) is 0 Å². The Balaban J connectivity index is 1.26. The third kappa shape index (κ3) is 4.01. The first-order valence-corrected chi connectivity index (χ1v) is 10.7. The number of rotatable bonds is 4. The van der Waals surface area contributed by atoms with E-state index in [0.717, 1.165) is 24.7 Å². The van der Waals surface area contributed by atoms with Crippen LogP contribution in [0, 0.1) is 23.7 Å². The van der Waals surface area contributed by atoms with Gasteiger partial charge in [-0.3, -0.25) is 9.59 Å². The maximum Gasteiger partial charge on any atom is 0.253 e. The fourth-order valence-corrected chi connectivity index (χ4v) is 5.60. The second kappa shape index (κ2) is 7.83. The van der Waals surface area contributed by atoms with Crippen LogP contribution in [0.2, 0.25) is 5.02 Å². The SMILES string of the molecule is CC(NC(=O)C1CCN(C(=O)c2ccc(Cl)cc2)CC1)C1CC2CCC1C2. The number of nitrogens with zero attached hydrogens (tertiary/aromatic N) is 1. The first kappa shape index (κ1) is 18.8. The number of fused-ring (bicyclic) bond motifs is 2. The lowest BCUT2D eigenvalue weighted by molar-refractivity contribution is -0.127. The number of likely N-dealkylation sites (tertiary alicyclic amines) is 1. The van der Waals surface area contributed by atoms with Crippen LogP contribution in [-0.4, -0.2) is 35.8 Å². The minimum atomic E-state index is 0.0281. The van der Waals surface area contributed by atoms with E-state index in [1.54, 1.807) is 24.3 Å². The van der Waals surface area contributed by atoms with Gasteiger partial charge in [0.1, 0.15) is 0 Å². The normalized spacial score (nSPS) is 29.0. The summed E-state index contributed by atoms with van der Waals surface area (Å²) in [6.45, 7) is 3.46. The third-order valence-corrected chi connectivity index (χ3v) is 7.30. The minimum absolute atomic E-state index is 0.0281. The quantitative estimate of drug-likeness (QED) is 0.842. The number of hydrogen-bond donors (Lipinski definition) is 1. The van der Waals surface area contributed by atoms with Crippen LogP contribution in [0.15, 0.2) is 24.3 Å². The summed E-state index contributed by atoms with van der Waals surface area (Å²) in [5.41, 5.74) is 0.659. The van der Waals surface area contributed by atoms with E-state index in [2.05, 4.69) is 12.2 Å². The van der Waals surface area contributed by atoms with Gasteiger partial charge in [0, 0.05) is 35.6 Å². The number of piperidine rings is 1. The highest BCUT2D eigenvalue weighted by molar-refractivity contribution is 6.30. The molecule has 1 aromatic rings. The predicted octanol–water partition coefficient (Wildman–Crippen LogP) is 4.13. The van der Waals surface area contributed by atoms with E-state index in [4.69, 9.17) is 11.6 Å². The lowest BCUT2D eigenvalue weighted by atomic mass is 9.83. The Labute approximate surface area is 166 Å². The molecule has 0 aromatic heterocycles. The molecular weight excluding hydrogens is 360 g/mol. The molecule has 2 bridgehead atoms. The van der Waals surface area contributed by atoms with Gasteiger partial charge in [-0.25, -0.2) is 0 Å². The Hall–Kier alpha value is -1.55.